The summed E-state index contributed by atoms with van der Waals surface area (Å²) in [6.45, 7) is 2.98. The number of hydrogen-bond acceptors (Lipinski definition) is 4. The number of carbonyl (C=O) groups is 2. The van der Waals surface area contributed by atoms with Crippen LogP contribution in [-0.4, -0.2) is 32.0 Å². The number of hydrogen-bond donors (Lipinski definition) is 3. The predicted octanol–water partition coefficient (Wildman–Crippen LogP) is 3.47. The van der Waals surface area contributed by atoms with Crippen molar-refractivity contribution in [3.63, 3.8) is 0 Å². The predicted molar refractivity (Wildman–Crippen MR) is 102 cm³/mol. The minimum absolute atomic E-state index is 0. The first kappa shape index (κ1) is 21.4. The maximum absolute atomic E-state index is 13.0. The van der Waals surface area contributed by atoms with Gasteiger partial charge in [0, 0.05) is 13.1 Å². The van der Waals surface area contributed by atoms with Gasteiger partial charge in [-0.15, -0.1) is 23.7 Å². The molecular weight excluding hydrogens is 388 g/mol. The summed E-state index contributed by atoms with van der Waals surface area (Å²) in [7, 11) is 1.80. The summed E-state index contributed by atoms with van der Waals surface area (Å²) in [5.74, 6) is -1.15. The van der Waals surface area contributed by atoms with Crippen LogP contribution in [-0.2, 0) is 0 Å². The van der Waals surface area contributed by atoms with Crippen LogP contribution in [0.3, 0.4) is 0 Å². The van der Waals surface area contributed by atoms with Crippen LogP contribution in [0.1, 0.15) is 25.6 Å². The minimum atomic E-state index is -0.510. The lowest BCUT2D eigenvalue weighted by atomic mass is 10.2. The molecule has 1 aromatic heterocycles. The number of halogens is 3. The molecule has 0 fully saturated rings. The third-order valence-corrected chi connectivity index (χ3v) is 4.66. The van der Waals surface area contributed by atoms with Crippen LogP contribution in [0, 0.1) is 12.7 Å². The molecule has 9 heteroatoms. The molecule has 136 valence electrons. The molecule has 5 nitrogen and oxygen atoms in total. The van der Waals surface area contributed by atoms with Crippen molar-refractivity contribution in [2.75, 3.05) is 25.5 Å². The second-order valence-electron chi connectivity index (χ2n) is 5.06. The molecule has 1 aromatic carbocycles. The van der Waals surface area contributed by atoms with Crippen molar-refractivity contribution >= 4 is 52.2 Å². The highest BCUT2D eigenvalue weighted by molar-refractivity contribution is 7.18. The molecule has 0 bridgehead atoms. The first-order valence-electron chi connectivity index (χ1n) is 7.22. The quantitative estimate of drug-likeness (QED) is 0.644. The number of thiophene rings is 1. The van der Waals surface area contributed by atoms with Crippen LogP contribution in [0.25, 0.3) is 0 Å². The summed E-state index contributed by atoms with van der Waals surface area (Å²) in [5.41, 5.74) is 0.937. The van der Waals surface area contributed by atoms with Gasteiger partial charge in [0.25, 0.3) is 11.8 Å². The fourth-order valence-electron chi connectivity index (χ4n) is 2.00. The van der Waals surface area contributed by atoms with Crippen molar-refractivity contribution in [2.45, 2.75) is 6.92 Å². The highest BCUT2D eigenvalue weighted by atomic mass is 35.5. The van der Waals surface area contributed by atoms with Crippen LogP contribution in [0.2, 0.25) is 5.02 Å². The lowest BCUT2D eigenvalue weighted by Gasteiger charge is -2.05. The number of anilines is 1. The maximum atomic E-state index is 13.0. The maximum Gasteiger partial charge on any atom is 0.261 e. The Kier molecular flexibility index (Phi) is 8.31. The molecule has 3 N–H and O–H groups in total. The smallest absolute Gasteiger partial charge is 0.261 e. The summed E-state index contributed by atoms with van der Waals surface area (Å²) >= 11 is 7.06. The van der Waals surface area contributed by atoms with Gasteiger partial charge in [-0.05, 0) is 43.8 Å². The van der Waals surface area contributed by atoms with Gasteiger partial charge in [-0.2, -0.15) is 0 Å². The van der Waals surface area contributed by atoms with Gasteiger partial charge in [0.2, 0.25) is 0 Å². The van der Waals surface area contributed by atoms with Crippen LogP contribution >= 0.6 is 35.3 Å². The first-order chi connectivity index (χ1) is 11.4. The first-order valence-corrected chi connectivity index (χ1v) is 8.41. The Morgan fingerprint density at radius 1 is 1.20 bits per heavy atom. The molecule has 0 unspecified atom stereocenters. The van der Waals surface area contributed by atoms with Crippen molar-refractivity contribution in [3.8, 4) is 0 Å². The highest BCUT2D eigenvalue weighted by Crippen LogP contribution is 2.28. The Labute approximate surface area is 160 Å². The monoisotopic (exact) mass is 405 g/mol. The fraction of sp³-hybridized carbons (Fsp3) is 0.250. The van der Waals surface area contributed by atoms with E-state index < -0.39 is 11.7 Å². The van der Waals surface area contributed by atoms with E-state index in [2.05, 4.69) is 16.0 Å². The van der Waals surface area contributed by atoms with E-state index in [-0.39, 0.29) is 28.9 Å². The number of aryl methyl sites for hydroxylation is 1. The van der Waals surface area contributed by atoms with Crippen molar-refractivity contribution in [3.05, 3.63) is 51.1 Å². The molecule has 25 heavy (non-hydrogen) atoms. The molecular formula is C16H18Cl2FN3O2S. The van der Waals surface area contributed by atoms with Gasteiger partial charge in [-0.25, -0.2) is 4.39 Å². The third-order valence-electron chi connectivity index (χ3n) is 3.20. The second-order valence-corrected chi connectivity index (χ2v) is 6.52. The van der Waals surface area contributed by atoms with Crippen LogP contribution in [0.5, 0.6) is 0 Å². The number of amides is 2. The highest BCUT2D eigenvalue weighted by Gasteiger charge is 2.16. The van der Waals surface area contributed by atoms with Crippen LogP contribution < -0.4 is 16.0 Å². The summed E-state index contributed by atoms with van der Waals surface area (Å²) < 4.78 is 13.0. The van der Waals surface area contributed by atoms with Crippen molar-refractivity contribution < 1.29 is 14.0 Å². The number of likely N-dealkylation sites (N-methyl/N-ethyl adjacent to an activating group) is 1. The van der Waals surface area contributed by atoms with E-state index >= 15 is 0 Å². The Morgan fingerprint density at radius 2 is 1.92 bits per heavy atom. The Balaban J connectivity index is 0.00000312. The summed E-state index contributed by atoms with van der Waals surface area (Å²) in [4.78, 5) is 24.9. The van der Waals surface area contributed by atoms with Crippen molar-refractivity contribution in [1.82, 2.24) is 10.6 Å². The topological polar surface area (TPSA) is 70.2 Å². The van der Waals surface area contributed by atoms with E-state index in [1.54, 1.807) is 20.0 Å². The molecule has 0 aliphatic carbocycles. The molecule has 0 atom stereocenters. The average molecular weight is 406 g/mol. The third kappa shape index (κ3) is 5.67. The van der Waals surface area contributed by atoms with Crippen molar-refractivity contribution in [2.24, 2.45) is 0 Å². The van der Waals surface area contributed by atoms with E-state index in [1.807, 2.05) is 0 Å². The van der Waals surface area contributed by atoms with Gasteiger partial charge in [-0.1, -0.05) is 11.6 Å². The molecule has 0 aliphatic heterocycles. The zero-order chi connectivity index (χ0) is 17.7. The van der Waals surface area contributed by atoms with Crippen LogP contribution in [0.15, 0.2) is 24.3 Å². The van der Waals surface area contributed by atoms with Gasteiger partial charge >= 0.3 is 0 Å². The molecule has 2 rings (SSSR count). The number of nitrogens with one attached hydrogen (secondary N) is 3. The molecule has 0 saturated heterocycles. The fourth-order valence-corrected chi connectivity index (χ4v) is 3.24. The van der Waals surface area contributed by atoms with E-state index in [4.69, 9.17) is 11.6 Å². The average Bonchev–Trinajstić information content (AvgIpc) is 2.87. The lowest BCUT2D eigenvalue weighted by Crippen LogP contribution is -2.30. The van der Waals surface area contributed by atoms with Gasteiger partial charge < -0.3 is 16.0 Å². The standard InChI is InChI=1S/C16H17ClFN3O2S.ClH/c1-9-7-13(24-14(9)16(23)20-6-5-19-2)21-15(22)11-4-3-10(18)8-12(11)17;/h3-4,7-8,19H,5-6H2,1-2H3,(H,20,23)(H,21,22);1H. The molecule has 2 amide bonds. The Morgan fingerprint density at radius 3 is 2.56 bits per heavy atom. The zero-order valence-corrected chi connectivity index (χ0v) is 16.0. The zero-order valence-electron chi connectivity index (χ0n) is 13.6. The van der Waals surface area contributed by atoms with Crippen molar-refractivity contribution in [1.29, 1.82) is 0 Å². The number of benzene rings is 1. The summed E-state index contributed by atoms with van der Waals surface area (Å²) in [5, 5.41) is 8.97. The SMILES string of the molecule is CNCCNC(=O)c1sc(NC(=O)c2ccc(F)cc2Cl)cc1C.Cl. The Hall–Kier alpha value is -1.67. The second kappa shape index (κ2) is 9.72. The molecule has 0 spiro atoms. The molecule has 0 radical (unpaired) electrons. The van der Waals surface area contributed by atoms with Crippen LogP contribution in [0.4, 0.5) is 9.39 Å². The molecule has 0 saturated carbocycles. The van der Waals surface area contributed by atoms with E-state index in [9.17, 15) is 14.0 Å². The minimum Gasteiger partial charge on any atom is -0.350 e. The molecule has 2 aromatic rings. The Bertz CT molecular complexity index is 768. The number of rotatable bonds is 6. The van der Waals surface area contributed by atoms with Gasteiger partial charge in [0.05, 0.1) is 20.5 Å². The van der Waals surface area contributed by atoms with Gasteiger partial charge in [0.1, 0.15) is 5.82 Å². The van der Waals surface area contributed by atoms with E-state index in [0.717, 1.165) is 11.6 Å². The molecule has 0 aliphatic rings. The van der Waals surface area contributed by atoms with Gasteiger partial charge in [-0.3, -0.25) is 9.59 Å². The number of carbonyl (C=O) groups excluding carboxylic acids is 2. The molecule has 1 heterocycles. The largest absolute Gasteiger partial charge is 0.350 e. The lowest BCUT2D eigenvalue weighted by molar-refractivity contribution is 0.0956. The summed E-state index contributed by atoms with van der Waals surface area (Å²) in [6.07, 6.45) is 0. The van der Waals surface area contributed by atoms with Gasteiger partial charge in [0.15, 0.2) is 0 Å². The summed E-state index contributed by atoms with van der Waals surface area (Å²) in [6, 6.07) is 5.28. The van der Waals surface area contributed by atoms with E-state index in [1.165, 1.54) is 23.5 Å². The van der Waals surface area contributed by atoms with E-state index in [0.29, 0.717) is 23.0 Å². The normalized spacial score (nSPS) is 10.1.